The SMILES string of the molecule is O=C(CCc1ncc(-c2ccccc2F)o1)N1CCC(c2nc3ccccc3[nH]2)CC1. The Hall–Kier alpha value is -3.48. The number of aromatic nitrogens is 3. The van der Waals surface area contributed by atoms with E-state index in [-0.39, 0.29) is 11.7 Å². The number of imidazole rings is 1. The zero-order valence-corrected chi connectivity index (χ0v) is 17.1. The second-order valence-corrected chi connectivity index (χ2v) is 7.89. The lowest BCUT2D eigenvalue weighted by molar-refractivity contribution is -0.132. The second kappa shape index (κ2) is 8.34. The summed E-state index contributed by atoms with van der Waals surface area (Å²) in [5.74, 6) is 1.92. The number of carbonyl (C=O) groups is 1. The Morgan fingerprint density at radius 1 is 1.13 bits per heavy atom. The van der Waals surface area contributed by atoms with Crippen LogP contribution in [0.25, 0.3) is 22.4 Å². The van der Waals surface area contributed by atoms with Gasteiger partial charge in [-0.3, -0.25) is 4.79 Å². The zero-order valence-electron chi connectivity index (χ0n) is 17.1. The summed E-state index contributed by atoms with van der Waals surface area (Å²) in [7, 11) is 0. The number of amides is 1. The number of carbonyl (C=O) groups excluding carboxylic acids is 1. The predicted octanol–water partition coefficient (Wildman–Crippen LogP) is 4.70. The predicted molar refractivity (Wildman–Crippen MR) is 115 cm³/mol. The molecule has 3 heterocycles. The fraction of sp³-hybridized carbons (Fsp3) is 0.292. The highest BCUT2D eigenvalue weighted by Gasteiger charge is 2.26. The number of nitrogens with one attached hydrogen (secondary N) is 1. The minimum absolute atomic E-state index is 0.0914. The maximum absolute atomic E-state index is 13.9. The molecule has 158 valence electrons. The molecule has 2 aromatic heterocycles. The van der Waals surface area contributed by atoms with E-state index in [0.29, 0.717) is 49.1 Å². The lowest BCUT2D eigenvalue weighted by Crippen LogP contribution is -2.38. The van der Waals surface area contributed by atoms with Gasteiger partial charge in [0.1, 0.15) is 11.6 Å². The molecule has 0 unspecified atom stereocenters. The lowest BCUT2D eigenvalue weighted by atomic mass is 9.96. The number of rotatable bonds is 5. The molecular weight excluding hydrogens is 395 g/mol. The standard InChI is InChI=1S/C24H23FN4O2/c25-18-6-2-1-5-17(18)21-15-26-22(31-21)9-10-23(30)29-13-11-16(12-14-29)24-27-19-7-3-4-8-20(19)28-24/h1-8,15-16H,9-14H2,(H,27,28). The van der Waals surface area contributed by atoms with Gasteiger partial charge in [0.25, 0.3) is 0 Å². The van der Waals surface area contributed by atoms with Crippen LogP contribution in [0.3, 0.4) is 0 Å². The number of benzene rings is 2. The van der Waals surface area contributed by atoms with Crippen molar-refractivity contribution in [2.24, 2.45) is 0 Å². The van der Waals surface area contributed by atoms with E-state index in [1.54, 1.807) is 18.2 Å². The topological polar surface area (TPSA) is 75.0 Å². The zero-order chi connectivity index (χ0) is 21.2. The highest BCUT2D eigenvalue weighted by atomic mass is 19.1. The summed E-state index contributed by atoms with van der Waals surface area (Å²) in [4.78, 5) is 26.9. The van der Waals surface area contributed by atoms with Crippen molar-refractivity contribution in [2.75, 3.05) is 13.1 Å². The van der Waals surface area contributed by atoms with Crippen LogP contribution in [0.1, 0.15) is 36.9 Å². The van der Waals surface area contributed by atoms with Gasteiger partial charge in [0.2, 0.25) is 5.91 Å². The van der Waals surface area contributed by atoms with Crippen LogP contribution in [0.2, 0.25) is 0 Å². The van der Waals surface area contributed by atoms with Gasteiger partial charge in [0.05, 0.1) is 22.8 Å². The van der Waals surface area contributed by atoms with Gasteiger partial charge in [0, 0.05) is 31.8 Å². The van der Waals surface area contributed by atoms with Crippen molar-refractivity contribution >= 4 is 16.9 Å². The summed E-state index contributed by atoms with van der Waals surface area (Å²) in [6, 6.07) is 14.4. The largest absolute Gasteiger partial charge is 0.441 e. The van der Waals surface area contributed by atoms with E-state index in [1.165, 1.54) is 12.3 Å². The van der Waals surface area contributed by atoms with Crippen molar-refractivity contribution in [2.45, 2.75) is 31.6 Å². The van der Waals surface area contributed by atoms with E-state index >= 15 is 0 Å². The monoisotopic (exact) mass is 418 g/mol. The minimum Gasteiger partial charge on any atom is -0.441 e. The third-order valence-electron chi connectivity index (χ3n) is 5.89. The van der Waals surface area contributed by atoms with Crippen LogP contribution in [0.5, 0.6) is 0 Å². The molecular formula is C24H23FN4O2. The molecule has 1 aliphatic heterocycles. The Kier molecular flexibility index (Phi) is 5.24. The first-order chi connectivity index (χ1) is 15.2. The highest BCUT2D eigenvalue weighted by molar-refractivity contribution is 5.76. The first-order valence-corrected chi connectivity index (χ1v) is 10.6. The van der Waals surface area contributed by atoms with Crippen LogP contribution >= 0.6 is 0 Å². The lowest BCUT2D eigenvalue weighted by Gasteiger charge is -2.31. The second-order valence-electron chi connectivity index (χ2n) is 7.89. The van der Waals surface area contributed by atoms with Gasteiger partial charge >= 0.3 is 0 Å². The maximum atomic E-state index is 13.9. The number of oxazole rings is 1. The van der Waals surface area contributed by atoms with Crippen LogP contribution in [0.15, 0.2) is 59.1 Å². The Morgan fingerprint density at radius 2 is 1.90 bits per heavy atom. The fourth-order valence-electron chi connectivity index (χ4n) is 4.15. The number of aryl methyl sites for hydroxylation is 1. The average molecular weight is 418 g/mol. The van der Waals surface area contributed by atoms with Crippen LogP contribution in [0.4, 0.5) is 4.39 Å². The smallest absolute Gasteiger partial charge is 0.223 e. The number of fused-ring (bicyclic) bond motifs is 1. The quantitative estimate of drug-likeness (QED) is 0.510. The van der Waals surface area contributed by atoms with E-state index in [1.807, 2.05) is 29.2 Å². The Balaban J connectivity index is 1.15. The number of H-pyrrole nitrogens is 1. The van der Waals surface area contributed by atoms with Crippen LogP contribution in [0, 0.1) is 5.82 Å². The number of hydrogen-bond acceptors (Lipinski definition) is 4. The van der Waals surface area contributed by atoms with Crippen molar-refractivity contribution in [3.63, 3.8) is 0 Å². The first-order valence-electron chi connectivity index (χ1n) is 10.6. The molecule has 0 aliphatic carbocycles. The van der Waals surface area contributed by atoms with Gasteiger partial charge in [-0.15, -0.1) is 0 Å². The minimum atomic E-state index is -0.353. The van der Waals surface area contributed by atoms with Gasteiger partial charge in [0.15, 0.2) is 11.7 Å². The third-order valence-corrected chi connectivity index (χ3v) is 5.89. The normalized spacial score (nSPS) is 14.9. The van der Waals surface area contributed by atoms with Crippen LogP contribution in [-0.2, 0) is 11.2 Å². The van der Waals surface area contributed by atoms with Crippen LogP contribution < -0.4 is 0 Å². The van der Waals surface area contributed by atoms with Crippen molar-refractivity contribution in [1.29, 1.82) is 0 Å². The number of hydrogen-bond donors (Lipinski definition) is 1. The van der Waals surface area contributed by atoms with E-state index < -0.39 is 0 Å². The van der Waals surface area contributed by atoms with Crippen molar-refractivity contribution in [1.82, 2.24) is 19.9 Å². The number of halogens is 1. The fourth-order valence-corrected chi connectivity index (χ4v) is 4.15. The number of nitrogens with zero attached hydrogens (tertiary/aromatic N) is 3. The summed E-state index contributed by atoms with van der Waals surface area (Å²) in [5.41, 5.74) is 2.41. The van der Waals surface area contributed by atoms with E-state index in [2.05, 4.69) is 9.97 Å². The molecule has 31 heavy (non-hydrogen) atoms. The average Bonchev–Trinajstić information content (AvgIpc) is 3.45. The van der Waals surface area contributed by atoms with Gasteiger partial charge in [-0.1, -0.05) is 24.3 Å². The number of likely N-dealkylation sites (tertiary alicyclic amines) is 1. The van der Waals surface area contributed by atoms with Gasteiger partial charge in [-0.2, -0.15) is 0 Å². The summed E-state index contributed by atoms with van der Waals surface area (Å²) in [6.45, 7) is 1.43. The van der Waals surface area contributed by atoms with Crippen molar-refractivity contribution in [3.8, 4) is 11.3 Å². The Labute approximate surface area is 179 Å². The molecule has 1 amide bonds. The summed E-state index contributed by atoms with van der Waals surface area (Å²) in [5, 5.41) is 0. The van der Waals surface area contributed by atoms with Gasteiger partial charge < -0.3 is 14.3 Å². The Bertz CT molecular complexity index is 1170. The van der Waals surface area contributed by atoms with E-state index in [0.717, 1.165) is 29.7 Å². The molecule has 7 heteroatoms. The van der Waals surface area contributed by atoms with Crippen molar-refractivity contribution in [3.05, 3.63) is 72.3 Å². The Morgan fingerprint density at radius 3 is 2.71 bits per heavy atom. The summed E-state index contributed by atoms with van der Waals surface area (Å²) in [6.07, 6.45) is 4.02. The summed E-state index contributed by atoms with van der Waals surface area (Å²) >= 11 is 0. The molecule has 0 atom stereocenters. The highest BCUT2D eigenvalue weighted by Crippen LogP contribution is 2.28. The first kappa shape index (κ1) is 19.5. The molecule has 0 radical (unpaired) electrons. The van der Waals surface area contributed by atoms with Gasteiger partial charge in [-0.25, -0.2) is 14.4 Å². The van der Waals surface area contributed by atoms with Crippen molar-refractivity contribution < 1.29 is 13.6 Å². The molecule has 0 saturated carbocycles. The molecule has 5 rings (SSSR count). The maximum Gasteiger partial charge on any atom is 0.223 e. The van der Waals surface area contributed by atoms with Gasteiger partial charge in [-0.05, 0) is 37.1 Å². The third kappa shape index (κ3) is 4.08. The molecule has 1 saturated heterocycles. The number of aromatic amines is 1. The number of para-hydroxylation sites is 2. The van der Waals surface area contributed by atoms with E-state index in [9.17, 15) is 9.18 Å². The molecule has 6 nitrogen and oxygen atoms in total. The molecule has 2 aromatic carbocycles. The molecule has 0 spiro atoms. The van der Waals surface area contributed by atoms with Crippen LogP contribution in [-0.4, -0.2) is 38.8 Å². The molecule has 0 bridgehead atoms. The number of piperidine rings is 1. The molecule has 1 N–H and O–H groups in total. The summed E-state index contributed by atoms with van der Waals surface area (Å²) < 4.78 is 19.6. The molecule has 4 aromatic rings. The molecule has 1 fully saturated rings. The van der Waals surface area contributed by atoms with E-state index in [4.69, 9.17) is 9.40 Å². The molecule has 1 aliphatic rings.